The highest BCUT2D eigenvalue weighted by atomic mass is 19.1. The van der Waals surface area contributed by atoms with Gasteiger partial charge in [0.2, 0.25) is 11.8 Å². The van der Waals surface area contributed by atoms with Crippen molar-refractivity contribution in [2.24, 2.45) is 0 Å². The molecule has 2 rings (SSSR count). The number of carbonyl (C=O) groups is 2. The van der Waals surface area contributed by atoms with Gasteiger partial charge in [-0.3, -0.25) is 9.59 Å². The number of carbonyl (C=O) groups excluding carboxylic acids is 2. The average molecular weight is 384 g/mol. The Morgan fingerprint density at radius 2 is 1.71 bits per heavy atom. The number of amides is 2. The van der Waals surface area contributed by atoms with Gasteiger partial charge < -0.3 is 10.2 Å². The van der Waals surface area contributed by atoms with Crippen molar-refractivity contribution >= 4 is 11.8 Å². The number of aryl methyl sites for hydroxylation is 1. The van der Waals surface area contributed by atoms with Crippen LogP contribution in [0.25, 0.3) is 0 Å². The van der Waals surface area contributed by atoms with E-state index in [2.05, 4.69) is 5.32 Å². The fraction of sp³-hybridized carbons (Fsp3) is 0.391. The summed E-state index contributed by atoms with van der Waals surface area (Å²) in [5.74, 6) is -0.649. The van der Waals surface area contributed by atoms with E-state index in [4.69, 9.17) is 0 Å². The maximum Gasteiger partial charge on any atom is 0.242 e. The first-order chi connectivity index (χ1) is 13.3. The number of halogens is 1. The minimum absolute atomic E-state index is 0.0362. The van der Waals surface area contributed by atoms with Gasteiger partial charge in [-0.2, -0.15) is 0 Å². The highest BCUT2D eigenvalue weighted by Crippen LogP contribution is 2.15. The third-order valence-electron chi connectivity index (χ3n) is 5.04. The SMILES string of the molecule is CC[C@@H](C)NC(=O)[C@@H](C)N(Cc1ccc(F)cc1)C(=O)Cc1ccccc1C. The molecular formula is C23H29FN2O2. The Morgan fingerprint density at radius 3 is 2.32 bits per heavy atom. The first kappa shape index (κ1) is 21.6. The van der Waals surface area contributed by atoms with Gasteiger partial charge in [-0.25, -0.2) is 4.39 Å². The molecule has 2 amide bonds. The average Bonchev–Trinajstić information content (AvgIpc) is 2.68. The molecule has 0 aliphatic rings. The molecular weight excluding hydrogens is 355 g/mol. The summed E-state index contributed by atoms with van der Waals surface area (Å²) in [6, 6.07) is 13.1. The van der Waals surface area contributed by atoms with Gasteiger partial charge in [0, 0.05) is 12.6 Å². The number of benzene rings is 2. The third kappa shape index (κ3) is 5.91. The molecule has 0 saturated carbocycles. The van der Waals surface area contributed by atoms with E-state index in [1.807, 2.05) is 45.0 Å². The molecule has 150 valence electrons. The number of nitrogens with zero attached hydrogens (tertiary/aromatic N) is 1. The Morgan fingerprint density at radius 1 is 1.07 bits per heavy atom. The second-order valence-corrected chi connectivity index (χ2v) is 7.25. The van der Waals surface area contributed by atoms with E-state index in [0.29, 0.717) is 0 Å². The van der Waals surface area contributed by atoms with Crippen molar-refractivity contribution in [2.45, 2.75) is 59.2 Å². The minimum Gasteiger partial charge on any atom is -0.352 e. The van der Waals surface area contributed by atoms with Gasteiger partial charge in [-0.05, 0) is 56.0 Å². The summed E-state index contributed by atoms with van der Waals surface area (Å²) in [7, 11) is 0. The Kier molecular flexibility index (Phi) is 7.73. The second kappa shape index (κ2) is 10.0. The molecule has 2 aromatic carbocycles. The molecule has 0 heterocycles. The molecule has 0 bridgehead atoms. The Balaban J connectivity index is 2.23. The summed E-state index contributed by atoms with van der Waals surface area (Å²) in [5.41, 5.74) is 2.75. The topological polar surface area (TPSA) is 49.4 Å². The van der Waals surface area contributed by atoms with Crippen molar-refractivity contribution in [1.29, 1.82) is 0 Å². The second-order valence-electron chi connectivity index (χ2n) is 7.25. The molecule has 0 aromatic heterocycles. The van der Waals surface area contributed by atoms with Gasteiger partial charge in [0.25, 0.3) is 0 Å². The lowest BCUT2D eigenvalue weighted by atomic mass is 10.0. The van der Waals surface area contributed by atoms with Crippen LogP contribution >= 0.6 is 0 Å². The molecule has 0 spiro atoms. The molecule has 2 atom stereocenters. The van der Waals surface area contributed by atoms with Crippen LogP contribution in [0.2, 0.25) is 0 Å². The Bertz CT molecular complexity index is 805. The lowest BCUT2D eigenvalue weighted by molar-refractivity contribution is -0.140. The molecule has 2 aromatic rings. The molecule has 28 heavy (non-hydrogen) atoms. The maximum atomic E-state index is 13.2. The van der Waals surface area contributed by atoms with E-state index in [9.17, 15) is 14.0 Å². The number of nitrogens with one attached hydrogen (secondary N) is 1. The van der Waals surface area contributed by atoms with E-state index >= 15 is 0 Å². The van der Waals surface area contributed by atoms with Crippen LogP contribution < -0.4 is 5.32 Å². The fourth-order valence-corrected chi connectivity index (χ4v) is 2.91. The maximum absolute atomic E-state index is 13.2. The third-order valence-corrected chi connectivity index (χ3v) is 5.04. The molecule has 0 saturated heterocycles. The van der Waals surface area contributed by atoms with E-state index in [1.54, 1.807) is 24.0 Å². The summed E-state index contributed by atoms with van der Waals surface area (Å²) in [6.45, 7) is 7.88. The summed E-state index contributed by atoms with van der Waals surface area (Å²) in [4.78, 5) is 27.3. The first-order valence-electron chi connectivity index (χ1n) is 9.70. The van der Waals surface area contributed by atoms with Crippen LogP contribution in [0.3, 0.4) is 0 Å². The molecule has 0 aliphatic carbocycles. The van der Waals surface area contributed by atoms with Gasteiger partial charge in [0.15, 0.2) is 0 Å². The quantitative estimate of drug-likeness (QED) is 0.748. The molecule has 0 unspecified atom stereocenters. The molecule has 0 aliphatic heterocycles. The number of rotatable bonds is 8. The zero-order valence-electron chi connectivity index (χ0n) is 17.0. The summed E-state index contributed by atoms with van der Waals surface area (Å²) >= 11 is 0. The molecule has 1 N–H and O–H groups in total. The van der Waals surface area contributed by atoms with Crippen LogP contribution in [0.1, 0.15) is 43.9 Å². The Hall–Kier alpha value is -2.69. The molecule has 0 radical (unpaired) electrons. The summed E-state index contributed by atoms with van der Waals surface area (Å²) < 4.78 is 13.2. The van der Waals surface area contributed by atoms with Crippen molar-refractivity contribution in [2.75, 3.05) is 0 Å². The number of hydrogen-bond donors (Lipinski definition) is 1. The van der Waals surface area contributed by atoms with E-state index < -0.39 is 6.04 Å². The fourth-order valence-electron chi connectivity index (χ4n) is 2.91. The lowest BCUT2D eigenvalue weighted by Gasteiger charge is -2.30. The van der Waals surface area contributed by atoms with Crippen LogP contribution in [0.15, 0.2) is 48.5 Å². The summed E-state index contributed by atoms with van der Waals surface area (Å²) in [5, 5.41) is 2.94. The van der Waals surface area contributed by atoms with E-state index in [-0.39, 0.29) is 36.6 Å². The smallest absolute Gasteiger partial charge is 0.242 e. The standard InChI is InChI=1S/C23H29FN2O2/c1-5-17(3)25-23(28)18(4)26(15-19-10-12-21(24)13-11-19)22(27)14-20-9-7-6-8-16(20)2/h6-13,17-18H,5,14-15H2,1-4H3,(H,25,28)/t17-,18-/m1/s1. The van der Waals surface area contributed by atoms with Gasteiger partial charge in [0.05, 0.1) is 6.42 Å². The molecule has 5 heteroatoms. The minimum atomic E-state index is -0.629. The van der Waals surface area contributed by atoms with Gasteiger partial charge in [-0.1, -0.05) is 43.3 Å². The predicted molar refractivity (Wildman–Crippen MR) is 109 cm³/mol. The largest absolute Gasteiger partial charge is 0.352 e. The van der Waals surface area contributed by atoms with Crippen molar-refractivity contribution in [1.82, 2.24) is 10.2 Å². The van der Waals surface area contributed by atoms with Crippen molar-refractivity contribution in [3.05, 3.63) is 71.0 Å². The molecule has 4 nitrogen and oxygen atoms in total. The zero-order chi connectivity index (χ0) is 20.7. The monoisotopic (exact) mass is 384 g/mol. The van der Waals surface area contributed by atoms with Gasteiger partial charge >= 0.3 is 0 Å². The van der Waals surface area contributed by atoms with Gasteiger partial charge in [0.1, 0.15) is 11.9 Å². The van der Waals surface area contributed by atoms with Crippen molar-refractivity contribution in [3.8, 4) is 0 Å². The number of hydrogen-bond acceptors (Lipinski definition) is 2. The molecule has 0 fully saturated rings. The Labute approximate surface area is 166 Å². The predicted octanol–water partition coefficient (Wildman–Crippen LogP) is 4.01. The zero-order valence-corrected chi connectivity index (χ0v) is 17.0. The van der Waals surface area contributed by atoms with Gasteiger partial charge in [-0.15, -0.1) is 0 Å². The van der Waals surface area contributed by atoms with E-state index in [0.717, 1.165) is 23.1 Å². The highest BCUT2D eigenvalue weighted by molar-refractivity contribution is 5.88. The van der Waals surface area contributed by atoms with Crippen LogP contribution in [0, 0.1) is 12.7 Å². The van der Waals surface area contributed by atoms with Crippen LogP contribution in [0.5, 0.6) is 0 Å². The van der Waals surface area contributed by atoms with Crippen molar-refractivity contribution in [3.63, 3.8) is 0 Å². The van der Waals surface area contributed by atoms with Crippen LogP contribution in [0.4, 0.5) is 4.39 Å². The van der Waals surface area contributed by atoms with Crippen molar-refractivity contribution < 1.29 is 14.0 Å². The van der Waals surface area contributed by atoms with E-state index in [1.165, 1.54) is 12.1 Å². The highest BCUT2D eigenvalue weighted by Gasteiger charge is 2.27. The van der Waals surface area contributed by atoms with Crippen LogP contribution in [-0.4, -0.2) is 28.8 Å². The normalized spacial score (nSPS) is 12.9. The van der Waals surface area contributed by atoms with Crippen LogP contribution in [-0.2, 0) is 22.6 Å². The first-order valence-corrected chi connectivity index (χ1v) is 9.70. The summed E-state index contributed by atoms with van der Waals surface area (Å²) in [6.07, 6.45) is 1.03. The lowest BCUT2D eigenvalue weighted by Crippen LogP contribution is -2.49.